The number of rotatable bonds is 5. The van der Waals surface area contributed by atoms with Gasteiger partial charge in [-0.25, -0.2) is 0 Å². The van der Waals surface area contributed by atoms with Crippen molar-refractivity contribution < 1.29 is 14.1 Å². The molecule has 15 heavy (non-hydrogen) atoms. The van der Waals surface area contributed by atoms with Gasteiger partial charge in [0.15, 0.2) is 5.82 Å². The molecule has 0 aliphatic carbocycles. The molecule has 0 bridgehead atoms. The van der Waals surface area contributed by atoms with Crippen LogP contribution in [0.2, 0.25) is 0 Å². The molecule has 6 nitrogen and oxygen atoms in total. The zero-order valence-electron chi connectivity index (χ0n) is 8.49. The van der Waals surface area contributed by atoms with Crippen LogP contribution in [-0.2, 0) is 22.7 Å². The quantitative estimate of drug-likeness (QED) is 0.748. The minimum absolute atomic E-state index is 0.198. The first kappa shape index (κ1) is 11.9. The van der Waals surface area contributed by atoms with E-state index in [2.05, 4.69) is 15.5 Å². The highest BCUT2D eigenvalue weighted by Gasteiger charge is 2.10. The number of carbonyl (C=O) groups excluding carboxylic acids is 1. The summed E-state index contributed by atoms with van der Waals surface area (Å²) < 4.78 is 9.63. The zero-order chi connectivity index (χ0) is 11.3. The number of hydrogen-bond donors (Lipinski definition) is 1. The smallest absolute Gasteiger partial charge is 0.252 e. The van der Waals surface area contributed by atoms with Crippen molar-refractivity contribution in [3.63, 3.8) is 0 Å². The van der Waals surface area contributed by atoms with Crippen molar-refractivity contribution in [3.8, 4) is 0 Å². The van der Waals surface area contributed by atoms with Crippen LogP contribution in [0.4, 0.5) is 0 Å². The second-order valence-corrected chi connectivity index (χ2v) is 3.53. The van der Waals surface area contributed by atoms with Crippen molar-refractivity contribution in [2.75, 3.05) is 7.11 Å². The maximum atomic E-state index is 11.1. The molecule has 1 aromatic rings. The van der Waals surface area contributed by atoms with E-state index in [9.17, 15) is 4.79 Å². The Balaban J connectivity index is 2.40. The minimum atomic E-state index is -0.574. The Morgan fingerprint density at radius 3 is 3.07 bits per heavy atom. The zero-order valence-corrected chi connectivity index (χ0v) is 9.24. The molecular weight excluding hydrogens is 222 g/mol. The van der Waals surface area contributed by atoms with Gasteiger partial charge in [0.1, 0.15) is 12.0 Å². The van der Waals surface area contributed by atoms with E-state index in [1.807, 2.05) is 0 Å². The average Bonchev–Trinajstić information content (AvgIpc) is 2.62. The van der Waals surface area contributed by atoms with Gasteiger partial charge in [0.2, 0.25) is 5.91 Å². The number of alkyl halides is 1. The molecule has 0 spiro atoms. The summed E-state index contributed by atoms with van der Waals surface area (Å²) in [6.45, 7) is 2.04. The fourth-order valence-corrected chi connectivity index (χ4v) is 0.928. The number of ether oxygens (including phenoxy) is 1. The third kappa shape index (κ3) is 3.85. The first-order chi connectivity index (χ1) is 7.13. The molecule has 0 radical (unpaired) electrons. The monoisotopic (exact) mass is 233 g/mol. The molecule has 1 unspecified atom stereocenters. The van der Waals surface area contributed by atoms with E-state index in [0.29, 0.717) is 11.7 Å². The van der Waals surface area contributed by atoms with Crippen LogP contribution in [0, 0.1) is 0 Å². The molecule has 1 N–H and O–H groups in total. The van der Waals surface area contributed by atoms with Crippen LogP contribution in [0.1, 0.15) is 18.6 Å². The highest BCUT2D eigenvalue weighted by Crippen LogP contribution is 1.99. The van der Waals surface area contributed by atoms with Crippen LogP contribution in [0.25, 0.3) is 0 Å². The molecule has 0 fully saturated rings. The second kappa shape index (κ2) is 5.67. The number of amides is 1. The lowest BCUT2D eigenvalue weighted by Gasteiger charge is -2.02. The topological polar surface area (TPSA) is 77.2 Å². The van der Waals surface area contributed by atoms with Crippen LogP contribution in [-0.4, -0.2) is 28.5 Å². The Labute approximate surface area is 91.9 Å². The lowest BCUT2D eigenvalue weighted by Crippen LogP contribution is -2.29. The highest BCUT2D eigenvalue weighted by atomic mass is 35.5. The molecule has 0 saturated heterocycles. The van der Waals surface area contributed by atoms with Crippen LogP contribution >= 0.6 is 11.6 Å². The van der Waals surface area contributed by atoms with Crippen molar-refractivity contribution in [2.24, 2.45) is 0 Å². The lowest BCUT2D eigenvalue weighted by atomic mass is 10.4. The van der Waals surface area contributed by atoms with Gasteiger partial charge in [-0.3, -0.25) is 4.79 Å². The van der Waals surface area contributed by atoms with Crippen LogP contribution in [0.3, 0.4) is 0 Å². The summed E-state index contributed by atoms with van der Waals surface area (Å²) in [5.74, 6) is 0.503. The van der Waals surface area contributed by atoms with E-state index < -0.39 is 5.38 Å². The van der Waals surface area contributed by atoms with Gasteiger partial charge >= 0.3 is 0 Å². The van der Waals surface area contributed by atoms with Gasteiger partial charge in [0, 0.05) is 7.11 Å². The number of hydrogen-bond acceptors (Lipinski definition) is 5. The first-order valence-electron chi connectivity index (χ1n) is 4.35. The van der Waals surface area contributed by atoms with Gasteiger partial charge in [0.25, 0.3) is 5.89 Å². The van der Waals surface area contributed by atoms with Crippen LogP contribution in [0.15, 0.2) is 4.52 Å². The largest absolute Gasteiger partial charge is 0.375 e. The molecule has 0 saturated carbocycles. The van der Waals surface area contributed by atoms with Gasteiger partial charge in [-0.15, -0.1) is 11.6 Å². The summed E-state index contributed by atoms with van der Waals surface area (Å²) in [6.07, 6.45) is 0. The Bertz CT molecular complexity index is 327. The summed E-state index contributed by atoms with van der Waals surface area (Å²) in [6, 6.07) is 0. The predicted octanol–water partition coefficient (Wildman–Crippen LogP) is 0.459. The Hall–Kier alpha value is -1.14. The van der Waals surface area contributed by atoms with E-state index in [-0.39, 0.29) is 19.1 Å². The van der Waals surface area contributed by atoms with E-state index >= 15 is 0 Å². The minimum Gasteiger partial charge on any atom is -0.375 e. The van der Waals surface area contributed by atoms with E-state index in [1.54, 1.807) is 6.92 Å². The number of halogens is 1. The molecular formula is C8H12ClN3O3. The van der Waals surface area contributed by atoms with Crippen molar-refractivity contribution in [1.29, 1.82) is 0 Å². The summed E-state index contributed by atoms with van der Waals surface area (Å²) in [5.41, 5.74) is 0. The number of nitrogens with one attached hydrogen (secondary N) is 1. The third-order valence-corrected chi connectivity index (χ3v) is 1.76. The Kier molecular flexibility index (Phi) is 4.51. The normalized spacial score (nSPS) is 12.5. The van der Waals surface area contributed by atoms with Crippen molar-refractivity contribution >= 4 is 17.5 Å². The van der Waals surface area contributed by atoms with Gasteiger partial charge < -0.3 is 14.6 Å². The standard InChI is InChI=1S/C8H12ClN3O3/c1-5(9)8(13)10-3-6-11-7(4-14-2)15-12-6/h5H,3-4H2,1-2H3,(H,10,13). The maximum absolute atomic E-state index is 11.1. The van der Waals surface area contributed by atoms with E-state index in [0.717, 1.165) is 0 Å². The van der Waals surface area contributed by atoms with E-state index in [1.165, 1.54) is 7.11 Å². The molecule has 1 amide bonds. The first-order valence-corrected chi connectivity index (χ1v) is 4.79. The summed E-state index contributed by atoms with van der Waals surface area (Å²) in [5, 5.41) is 5.63. The van der Waals surface area contributed by atoms with Gasteiger partial charge in [-0.2, -0.15) is 4.98 Å². The second-order valence-electron chi connectivity index (χ2n) is 2.87. The Morgan fingerprint density at radius 1 is 1.73 bits per heavy atom. The summed E-state index contributed by atoms with van der Waals surface area (Å²) in [7, 11) is 1.53. The van der Waals surface area contributed by atoms with Gasteiger partial charge in [-0.05, 0) is 6.92 Å². The molecule has 1 rings (SSSR count). The van der Waals surface area contributed by atoms with Crippen molar-refractivity contribution in [3.05, 3.63) is 11.7 Å². The fraction of sp³-hybridized carbons (Fsp3) is 0.625. The van der Waals surface area contributed by atoms with Crippen molar-refractivity contribution in [1.82, 2.24) is 15.5 Å². The van der Waals surface area contributed by atoms with Crippen LogP contribution in [0.5, 0.6) is 0 Å². The predicted molar refractivity (Wildman–Crippen MR) is 52.2 cm³/mol. The number of nitrogens with zero attached hydrogens (tertiary/aromatic N) is 2. The molecule has 7 heteroatoms. The third-order valence-electron chi connectivity index (χ3n) is 1.56. The Morgan fingerprint density at radius 2 is 2.47 bits per heavy atom. The number of methoxy groups -OCH3 is 1. The molecule has 1 heterocycles. The van der Waals surface area contributed by atoms with Crippen molar-refractivity contribution in [2.45, 2.75) is 25.5 Å². The molecule has 0 aromatic carbocycles. The van der Waals surface area contributed by atoms with Gasteiger partial charge in [0.05, 0.1) is 6.54 Å². The SMILES string of the molecule is COCc1nc(CNC(=O)C(C)Cl)no1. The summed E-state index contributed by atoms with van der Waals surface area (Å²) in [4.78, 5) is 15.1. The molecule has 0 aliphatic heterocycles. The number of carbonyl (C=O) groups is 1. The lowest BCUT2D eigenvalue weighted by molar-refractivity contribution is -0.120. The van der Waals surface area contributed by atoms with E-state index in [4.69, 9.17) is 20.9 Å². The number of aromatic nitrogens is 2. The van der Waals surface area contributed by atoms with Gasteiger partial charge in [-0.1, -0.05) is 5.16 Å². The average molecular weight is 234 g/mol. The molecule has 1 atom stereocenters. The molecule has 84 valence electrons. The fourth-order valence-electron chi connectivity index (χ4n) is 0.851. The van der Waals surface area contributed by atoms with Crippen LogP contribution < -0.4 is 5.32 Å². The molecule has 1 aromatic heterocycles. The maximum Gasteiger partial charge on any atom is 0.252 e. The molecule has 0 aliphatic rings. The summed E-state index contributed by atoms with van der Waals surface area (Å²) >= 11 is 5.55. The highest BCUT2D eigenvalue weighted by molar-refractivity contribution is 6.30.